The summed E-state index contributed by atoms with van der Waals surface area (Å²) in [6.45, 7) is 7.38. The second-order valence-corrected chi connectivity index (χ2v) is 12.8. The summed E-state index contributed by atoms with van der Waals surface area (Å²) < 4.78 is 46.6. The summed E-state index contributed by atoms with van der Waals surface area (Å²) in [7, 11) is 0. The van der Waals surface area contributed by atoms with Crippen molar-refractivity contribution >= 4 is 40.0 Å². The fraction of sp³-hybridized carbons (Fsp3) is 0.613. The molecular formula is C31H45AcIN9O12-. The molecule has 3 aromatic heterocycles. The maximum atomic E-state index is 11.5. The Morgan fingerprint density at radius 1 is 0.667 bits per heavy atom. The molecule has 3 aromatic rings. The third kappa shape index (κ3) is 13.8. The number of nitrogens with zero attached hydrogens (tertiary/aromatic N) is 6. The van der Waals surface area contributed by atoms with E-state index in [0.29, 0.717) is 13.2 Å². The minimum Gasteiger partial charge on any atom is -0.482 e. The fourth-order valence-electron chi connectivity index (χ4n) is 4.85. The third-order valence-corrected chi connectivity index (χ3v) is 8.18. The first-order chi connectivity index (χ1) is 25.4. The molecule has 0 aromatic carbocycles. The monoisotopic (exact) mass is 1090 g/mol. The summed E-state index contributed by atoms with van der Waals surface area (Å²) >= 11 is 2.22. The molecule has 21 nitrogen and oxygen atoms in total. The van der Waals surface area contributed by atoms with Crippen molar-refractivity contribution in [2.24, 2.45) is 0 Å². The molecule has 0 saturated carbocycles. The van der Waals surface area contributed by atoms with E-state index >= 15 is 0 Å². The number of alkyl halides is 1. The van der Waals surface area contributed by atoms with E-state index in [1.807, 2.05) is 13.8 Å². The summed E-state index contributed by atoms with van der Waals surface area (Å²) in [5.41, 5.74) is 16.5. The average Bonchev–Trinajstić information content (AvgIpc) is 3.97. The van der Waals surface area contributed by atoms with Crippen LogP contribution in [0.2, 0.25) is 0 Å². The first kappa shape index (κ1) is 46.2. The summed E-state index contributed by atoms with van der Waals surface area (Å²) in [5, 5.41) is 8.77. The number of nitrogens with two attached hydrogens (primary N) is 2. The van der Waals surface area contributed by atoms with Crippen LogP contribution in [0.4, 0.5) is 17.5 Å². The molecule has 54 heavy (non-hydrogen) atoms. The smallest absolute Gasteiger partial charge is 0.351 e. The first-order valence-corrected chi connectivity index (χ1v) is 18.0. The van der Waals surface area contributed by atoms with Crippen LogP contribution in [-0.4, -0.2) is 96.1 Å². The molecule has 1 radical (unpaired) electrons. The van der Waals surface area contributed by atoms with Gasteiger partial charge in [-0.2, -0.15) is 9.97 Å². The average molecular weight is 1090 g/mol. The zero-order valence-corrected chi connectivity index (χ0v) is 36.9. The zero-order chi connectivity index (χ0) is 38.5. The van der Waals surface area contributed by atoms with Crippen LogP contribution in [0.5, 0.6) is 0 Å². The maximum absolute atomic E-state index is 11.5. The van der Waals surface area contributed by atoms with Gasteiger partial charge in [-0.05, 0) is 60.1 Å². The second-order valence-electron chi connectivity index (χ2n) is 11.4. The van der Waals surface area contributed by atoms with Gasteiger partial charge in [-0.25, -0.2) is 9.59 Å². The quantitative estimate of drug-likeness (QED) is 0.224. The molecule has 297 valence electrons. The number of aliphatic hydroxyl groups is 1. The number of aromatic nitrogens is 6. The molecular weight excluding hydrogens is 1040 g/mol. The van der Waals surface area contributed by atoms with Crippen molar-refractivity contribution in [1.29, 1.82) is 0 Å². The molecule has 4 aliphatic heterocycles. The molecule has 6 N–H and O–H groups in total. The summed E-state index contributed by atoms with van der Waals surface area (Å²) in [4.78, 5) is 45.0. The van der Waals surface area contributed by atoms with E-state index < -0.39 is 42.0 Å². The van der Waals surface area contributed by atoms with Crippen LogP contribution in [0, 0.1) is 44.1 Å². The Morgan fingerprint density at radius 2 is 1.04 bits per heavy atom. The third-order valence-electron chi connectivity index (χ3n) is 7.53. The molecule has 23 heteroatoms. The van der Waals surface area contributed by atoms with Crippen molar-refractivity contribution in [3.05, 3.63) is 74.0 Å². The standard InChI is InChI=1S/2C9H13N3O3.C8H11N3O4.C5H9IO2.Ac/c2*1-2-8-14-5-7(15-8)12-4-3-6(10)11-9(12)13;9-5-1-2-11(8(13)10-5)6-4-14-7(3-12)15-6;1-2-5-7-3-4(6)8-5;/h2*3-4,7-8H,2,5H2,1H3,(H2,10,11,13);1-2,6-7,12H,3-4H2,(H2,9,10,13);4-5H,2-3H2,1H3;/p-1/t2*7-,8-;6-,7-;4-,5-;/m0000./s1. The van der Waals surface area contributed by atoms with Gasteiger partial charge in [0.05, 0.1) is 33.0 Å². The largest absolute Gasteiger partial charge is 0.482 e. The Bertz CT molecular complexity index is 1590. The zero-order valence-electron chi connectivity index (χ0n) is 30.0. The maximum Gasteiger partial charge on any atom is 0.351 e. The van der Waals surface area contributed by atoms with Gasteiger partial charge in [-0.1, -0.05) is 26.6 Å². The number of ether oxygens (including phenoxy) is 8. The predicted octanol–water partition coefficient (Wildman–Crippen LogP) is 1.54. The van der Waals surface area contributed by atoms with Gasteiger partial charge in [0.25, 0.3) is 0 Å². The number of hydrogen-bond donors (Lipinski definition) is 3. The molecule has 4 saturated heterocycles. The molecule has 4 fully saturated rings. The normalized spacial score (nSPS) is 27.1. The van der Waals surface area contributed by atoms with Gasteiger partial charge < -0.3 is 65.2 Å². The van der Waals surface area contributed by atoms with E-state index in [0.717, 1.165) is 25.9 Å². The Labute approximate surface area is 359 Å². The molecule has 8 atom stereocenters. The second kappa shape index (κ2) is 23.2. The number of nitrogen functional groups attached to an aromatic ring is 2. The molecule has 0 spiro atoms. The molecule has 4 aliphatic rings. The van der Waals surface area contributed by atoms with Crippen LogP contribution < -0.4 is 28.5 Å². The van der Waals surface area contributed by atoms with Gasteiger partial charge in [-0.15, -0.1) is 0 Å². The van der Waals surface area contributed by atoms with E-state index in [-0.39, 0.29) is 97.7 Å². The molecule has 0 amide bonds. The van der Waals surface area contributed by atoms with Crippen LogP contribution in [0.1, 0.15) is 58.7 Å². The van der Waals surface area contributed by atoms with Crippen molar-refractivity contribution in [1.82, 2.24) is 28.7 Å². The van der Waals surface area contributed by atoms with Crippen LogP contribution in [-0.2, 0) is 37.9 Å². The van der Waals surface area contributed by atoms with Gasteiger partial charge in [0, 0.05) is 62.7 Å². The number of aliphatic hydroxyl groups excluding tert-OH is 1. The minimum absolute atomic E-state index is 0. The van der Waals surface area contributed by atoms with Crippen LogP contribution >= 0.6 is 22.6 Å². The molecule has 7 heterocycles. The Balaban J connectivity index is 0.000000197. The van der Waals surface area contributed by atoms with Crippen molar-refractivity contribution in [3.63, 3.8) is 0 Å². The molecule has 0 unspecified atom stereocenters. The Kier molecular flexibility index (Phi) is 19.8. The van der Waals surface area contributed by atoms with Gasteiger partial charge in [0.1, 0.15) is 15.7 Å². The van der Waals surface area contributed by atoms with Gasteiger partial charge in [-0.3, -0.25) is 18.5 Å². The molecule has 7 rings (SSSR count). The number of rotatable bonds is 7. The van der Waals surface area contributed by atoms with E-state index in [2.05, 4.69) is 44.5 Å². The van der Waals surface area contributed by atoms with Gasteiger partial charge in [0.15, 0.2) is 43.8 Å². The predicted molar refractivity (Wildman–Crippen MR) is 194 cm³/mol. The fourth-order valence-corrected chi connectivity index (χ4v) is 5.39. The SMILES string of the molecule is CC[C@H]1OC[C@@H](I)O1.CC[C@H]1OC[C@@H](n2ccc(N)nc2=O)O1.CC[C@H]1OC[C@@H](n2ccc([NH-])nc2=O)O1.Nc1ccn([C@@H]2CO[C@H](CO)O2)c(=O)n1.[Ac]. The number of halogens is 1. The minimum atomic E-state index is -0.681. The summed E-state index contributed by atoms with van der Waals surface area (Å²) in [5.74, 6) is 0.332. The number of nitrogens with one attached hydrogen (secondary N) is 1. The van der Waals surface area contributed by atoms with Crippen LogP contribution in [0.15, 0.2) is 51.2 Å². The number of hydrogen-bond acceptors (Lipinski definition) is 17. The van der Waals surface area contributed by atoms with Crippen molar-refractivity contribution in [3.8, 4) is 0 Å². The molecule has 0 bridgehead atoms. The van der Waals surface area contributed by atoms with Crippen LogP contribution in [0.25, 0.3) is 5.73 Å². The van der Waals surface area contributed by atoms with E-state index in [1.54, 1.807) is 12.3 Å². The topological polar surface area (TPSA) is 275 Å². The Hall–Kier alpha value is -2.15. The van der Waals surface area contributed by atoms with E-state index in [4.69, 9.17) is 60.2 Å². The number of anilines is 2. The first-order valence-electron chi connectivity index (χ1n) is 16.8. The van der Waals surface area contributed by atoms with Crippen molar-refractivity contribution < 1.29 is 87.1 Å². The van der Waals surface area contributed by atoms with Crippen molar-refractivity contribution in [2.45, 2.75) is 88.0 Å². The Morgan fingerprint density at radius 3 is 1.35 bits per heavy atom. The van der Waals surface area contributed by atoms with Gasteiger partial charge >= 0.3 is 11.4 Å². The molecule has 0 aliphatic carbocycles. The van der Waals surface area contributed by atoms with Gasteiger partial charge in [0.2, 0.25) is 5.69 Å². The van der Waals surface area contributed by atoms with Crippen LogP contribution in [0.3, 0.4) is 0 Å². The van der Waals surface area contributed by atoms with E-state index in [9.17, 15) is 14.4 Å². The summed E-state index contributed by atoms with van der Waals surface area (Å²) in [6, 6.07) is 4.51. The van der Waals surface area contributed by atoms with Crippen molar-refractivity contribution in [2.75, 3.05) is 44.5 Å². The van der Waals surface area contributed by atoms with E-state index in [1.165, 1.54) is 38.2 Å². The summed E-state index contributed by atoms with van der Waals surface area (Å²) in [6.07, 6.45) is 4.54.